The van der Waals surface area contributed by atoms with E-state index in [1.165, 1.54) is 12.1 Å². The van der Waals surface area contributed by atoms with Crippen molar-refractivity contribution in [2.75, 3.05) is 11.9 Å². The number of hydrogen-bond donors (Lipinski definition) is 2. The fraction of sp³-hybridized carbons (Fsp3) is 0.312. The van der Waals surface area contributed by atoms with Gasteiger partial charge in [0.1, 0.15) is 5.56 Å². The van der Waals surface area contributed by atoms with Crippen molar-refractivity contribution in [3.63, 3.8) is 0 Å². The summed E-state index contributed by atoms with van der Waals surface area (Å²) >= 11 is 5.94. The standard InChI is InChI=1S/C16H15ClN4O6/c17-12-6-9(21(25)26)3-4-13(12)19-14(22)11-7-18-16(24)20(15(11)23)8-10-2-1-5-27-10/h3-4,6-7,10H,1-2,5,8H2,(H,18,24)(H,19,22). The molecule has 1 fully saturated rings. The topological polar surface area (TPSA) is 136 Å². The van der Waals surface area contributed by atoms with Gasteiger partial charge in [-0.25, -0.2) is 4.79 Å². The molecule has 1 saturated heterocycles. The molecule has 0 radical (unpaired) electrons. The maximum absolute atomic E-state index is 12.5. The molecule has 0 saturated carbocycles. The Labute approximate surface area is 156 Å². The maximum Gasteiger partial charge on any atom is 0.328 e. The smallest absolute Gasteiger partial charge is 0.328 e. The van der Waals surface area contributed by atoms with E-state index in [0.717, 1.165) is 29.7 Å². The maximum atomic E-state index is 12.5. The van der Waals surface area contributed by atoms with Crippen molar-refractivity contribution in [1.29, 1.82) is 0 Å². The first-order chi connectivity index (χ1) is 12.9. The fourth-order valence-electron chi connectivity index (χ4n) is 2.74. The Kier molecular flexibility index (Phi) is 5.38. The fourth-order valence-corrected chi connectivity index (χ4v) is 2.96. The predicted molar refractivity (Wildman–Crippen MR) is 96.4 cm³/mol. The number of H-pyrrole nitrogens is 1. The average molecular weight is 395 g/mol. The van der Waals surface area contributed by atoms with Crippen LogP contribution in [0.1, 0.15) is 23.2 Å². The van der Waals surface area contributed by atoms with Crippen LogP contribution in [-0.2, 0) is 11.3 Å². The lowest BCUT2D eigenvalue weighted by Crippen LogP contribution is -2.41. The molecule has 11 heteroatoms. The lowest BCUT2D eigenvalue weighted by atomic mass is 10.2. The van der Waals surface area contributed by atoms with E-state index in [-0.39, 0.29) is 34.6 Å². The minimum absolute atomic E-state index is 0.0492. The molecule has 1 amide bonds. The average Bonchev–Trinajstić information content (AvgIpc) is 3.13. The number of nitro groups is 1. The van der Waals surface area contributed by atoms with Crippen molar-refractivity contribution < 1.29 is 14.5 Å². The number of amides is 1. The Morgan fingerprint density at radius 3 is 2.85 bits per heavy atom. The van der Waals surface area contributed by atoms with Crippen LogP contribution in [-0.4, -0.2) is 33.1 Å². The second kappa shape index (κ2) is 7.72. The minimum atomic E-state index is -0.798. The first kappa shape index (κ1) is 18.8. The van der Waals surface area contributed by atoms with Crippen LogP contribution < -0.4 is 16.6 Å². The molecule has 3 rings (SSSR count). The van der Waals surface area contributed by atoms with Gasteiger partial charge in [-0.3, -0.25) is 24.3 Å². The lowest BCUT2D eigenvalue weighted by Gasteiger charge is -2.12. The molecule has 10 nitrogen and oxygen atoms in total. The SMILES string of the molecule is O=C(Nc1ccc([N+](=O)[O-])cc1Cl)c1c[nH]c(=O)n(CC2CCCO2)c1=O. The number of aromatic nitrogens is 2. The largest absolute Gasteiger partial charge is 0.376 e. The number of carbonyl (C=O) groups is 1. The number of halogens is 1. The van der Waals surface area contributed by atoms with Crippen LogP contribution in [0.3, 0.4) is 0 Å². The zero-order valence-corrected chi connectivity index (χ0v) is 14.7. The molecular weight excluding hydrogens is 380 g/mol. The van der Waals surface area contributed by atoms with Gasteiger partial charge in [0.05, 0.1) is 28.3 Å². The summed E-state index contributed by atoms with van der Waals surface area (Å²) in [4.78, 5) is 49.4. The minimum Gasteiger partial charge on any atom is -0.376 e. The second-order valence-electron chi connectivity index (χ2n) is 5.93. The van der Waals surface area contributed by atoms with Gasteiger partial charge in [0.2, 0.25) is 0 Å². The van der Waals surface area contributed by atoms with Crippen LogP contribution in [0.25, 0.3) is 0 Å². The molecule has 1 aromatic carbocycles. The first-order valence-electron chi connectivity index (χ1n) is 8.06. The summed E-state index contributed by atoms with van der Waals surface area (Å²) in [6, 6.07) is 3.51. The summed E-state index contributed by atoms with van der Waals surface area (Å²) in [7, 11) is 0. The molecule has 0 bridgehead atoms. The summed E-state index contributed by atoms with van der Waals surface area (Å²) in [5.74, 6) is -0.798. The van der Waals surface area contributed by atoms with E-state index in [1.54, 1.807) is 0 Å². The van der Waals surface area contributed by atoms with Gasteiger partial charge in [-0.05, 0) is 18.9 Å². The Bertz CT molecular complexity index is 1010. The van der Waals surface area contributed by atoms with Crippen molar-refractivity contribution in [2.45, 2.75) is 25.5 Å². The first-order valence-corrected chi connectivity index (χ1v) is 8.44. The number of nitrogens with one attached hydrogen (secondary N) is 2. The Balaban J connectivity index is 1.85. The molecule has 1 aromatic heterocycles. The number of aromatic amines is 1. The Hall–Kier alpha value is -2.98. The highest BCUT2D eigenvalue weighted by Gasteiger charge is 2.21. The van der Waals surface area contributed by atoms with Gasteiger partial charge in [-0.2, -0.15) is 0 Å². The molecule has 1 aliphatic heterocycles. The zero-order valence-electron chi connectivity index (χ0n) is 13.9. The normalized spacial score (nSPS) is 16.3. The van der Waals surface area contributed by atoms with E-state index in [2.05, 4.69) is 10.3 Å². The van der Waals surface area contributed by atoms with Crippen LogP contribution in [0.5, 0.6) is 0 Å². The van der Waals surface area contributed by atoms with E-state index >= 15 is 0 Å². The van der Waals surface area contributed by atoms with Crippen molar-refractivity contribution >= 4 is 28.9 Å². The van der Waals surface area contributed by atoms with E-state index < -0.39 is 22.1 Å². The second-order valence-corrected chi connectivity index (χ2v) is 6.34. The number of ether oxygens (including phenoxy) is 1. The molecule has 2 N–H and O–H groups in total. The van der Waals surface area contributed by atoms with Crippen molar-refractivity contribution in [3.8, 4) is 0 Å². The highest BCUT2D eigenvalue weighted by molar-refractivity contribution is 6.34. The molecule has 142 valence electrons. The Morgan fingerprint density at radius 2 is 2.22 bits per heavy atom. The van der Waals surface area contributed by atoms with Gasteiger partial charge < -0.3 is 15.0 Å². The van der Waals surface area contributed by atoms with E-state index in [4.69, 9.17) is 16.3 Å². The predicted octanol–water partition coefficient (Wildman–Crippen LogP) is 1.53. The molecular formula is C16H15ClN4O6. The third-order valence-electron chi connectivity index (χ3n) is 4.13. The van der Waals surface area contributed by atoms with Crippen LogP contribution in [0.15, 0.2) is 34.0 Å². The van der Waals surface area contributed by atoms with E-state index in [9.17, 15) is 24.5 Å². The molecule has 2 aromatic rings. The van der Waals surface area contributed by atoms with Gasteiger partial charge in [0.25, 0.3) is 17.2 Å². The van der Waals surface area contributed by atoms with Crippen molar-refractivity contribution in [3.05, 3.63) is 65.9 Å². The number of benzene rings is 1. The third-order valence-corrected chi connectivity index (χ3v) is 4.44. The molecule has 27 heavy (non-hydrogen) atoms. The summed E-state index contributed by atoms with van der Waals surface area (Å²) in [5.41, 5.74) is -1.82. The number of nitro benzene ring substituents is 1. The molecule has 1 aliphatic rings. The van der Waals surface area contributed by atoms with Crippen LogP contribution in [0.2, 0.25) is 5.02 Å². The number of non-ortho nitro benzene ring substituents is 1. The number of carbonyl (C=O) groups excluding carboxylic acids is 1. The monoisotopic (exact) mass is 394 g/mol. The van der Waals surface area contributed by atoms with Gasteiger partial charge in [-0.1, -0.05) is 11.6 Å². The van der Waals surface area contributed by atoms with Gasteiger partial charge in [-0.15, -0.1) is 0 Å². The molecule has 0 aliphatic carbocycles. The van der Waals surface area contributed by atoms with Crippen LogP contribution in [0.4, 0.5) is 11.4 Å². The van der Waals surface area contributed by atoms with Gasteiger partial charge >= 0.3 is 5.69 Å². The molecule has 0 spiro atoms. The van der Waals surface area contributed by atoms with E-state index in [1.807, 2.05) is 0 Å². The van der Waals surface area contributed by atoms with E-state index in [0.29, 0.717) is 6.61 Å². The summed E-state index contributed by atoms with van der Waals surface area (Å²) in [6.45, 7) is 0.615. The summed E-state index contributed by atoms with van der Waals surface area (Å²) < 4.78 is 6.34. The molecule has 2 heterocycles. The highest BCUT2D eigenvalue weighted by Crippen LogP contribution is 2.26. The van der Waals surface area contributed by atoms with Gasteiger partial charge in [0.15, 0.2) is 0 Å². The quantitative estimate of drug-likeness (QED) is 0.582. The molecule has 1 unspecified atom stereocenters. The van der Waals surface area contributed by atoms with Crippen molar-refractivity contribution in [1.82, 2.24) is 9.55 Å². The highest BCUT2D eigenvalue weighted by atomic mass is 35.5. The number of rotatable bonds is 5. The Morgan fingerprint density at radius 1 is 1.44 bits per heavy atom. The number of anilines is 1. The lowest BCUT2D eigenvalue weighted by molar-refractivity contribution is -0.384. The number of nitrogens with zero attached hydrogens (tertiary/aromatic N) is 2. The van der Waals surface area contributed by atoms with Gasteiger partial charge in [0, 0.05) is 24.9 Å². The van der Waals surface area contributed by atoms with Crippen LogP contribution >= 0.6 is 11.6 Å². The molecule has 1 atom stereocenters. The summed E-state index contributed by atoms with van der Waals surface area (Å²) in [6.07, 6.45) is 2.33. The zero-order chi connectivity index (χ0) is 19.6. The summed E-state index contributed by atoms with van der Waals surface area (Å²) in [5, 5.41) is 13.1. The number of hydrogen-bond acceptors (Lipinski definition) is 6. The van der Waals surface area contributed by atoms with Crippen LogP contribution in [0, 0.1) is 10.1 Å². The van der Waals surface area contributed by atoms with Crippen molar-refractivity contribution in [2.24, 2.45) is 0 Å². The third kappa shape index (κ3) is 4.07.